The lowest BCUT2D eigenvalue weighted by Gasteiger charge is -2.40. The van der Waals surface area contributed by atoms with Gasteiger partial charge in [-0.1, -0.05) is 6.07 Å². The third kappa shape index (κ3) is 3.58. The second-order valence-electron chi connectivity index (χ2n) is 5.86. The molecule has 1 saturated heterocycles. The molecule has 0 aromatic heterocycles. The van der Waals surface area contributed by atoms with Gasteiger partial charge in [-0.05, 0) is 31.5 Å². The molecule has 1 heterocycles. The smallest absolute Gasteiger partial charge is 0.140 e. The third-order valence-electron chi connectivity index (χ3n) is 3.99. The number of piperazine rings is 1. The van der Waals surface area contributed by atoms with Gasteiger partial charge in [0.15, 0.2) is 0 Å². The summed E-state index contributed by atoms with van der Waals surface area (Å²) in [6.07, 6.45) is 0. The summed E-state index contributed by atoms with van der Waals surface area (Å²) in [6, 6.07) is 8.88. The molecule has 0 amide bonds. The molecule has 1 aromatic rings. The maximum absolute atomic E-state index is 13.3. The second kappa shape index (κ2) is 6.22. The van der Waals surface area contributed by atoms with Crippen molar-refractivity contribution in [1.82, 2.24) is 9.80 Å². The summed E-state index contributed by atoms with van der Waals surface area (Å²) in [5.74, 6) is -0.471. The van der Waals surface area contributed by atoms with Crippen LogP contribution in [0.1, 0.15) is 25.0 Å². The molecule has 4 nitrogen and oxygen atoms in total. The number of hydrogen-bond donors (Lipinski definition) is 0. The van der Waals surface area contributed by atoms with Crippen LogP contribution in [0.5, 0.6) is 0 Å². The van der Waals surface area contributed by atoms with Crippen LogP contribution in [0.15, 0.2) is 18.2 Å². The molecule has 0 atom stereocenters. The van der Waals surface area contributed by atoms with Crippen LogP contribution in [-0.4, -0.2) is 41.5 Å². The summed E-state index contributed by atoms with van der Waals surface area (Å²) >= 11 is 0. The average molecular weight is 286 g/mol. The molecule has 0 bridgehead atoms. The standard InChI is InChI=1S/C16H19FN4/c1-16(2,12-19)21-7-5-20(6-8-21)11-13-3-4-15(17)14(9-13)10-18/h3-4,9H,5-8,11H2,1-2H3. The quantitative estimate of drug-likeness (QED) is 0.854. The monoisotopic (exact) mass is 286 g/mol. The van der Waals surface area contributed by atoms with Crippen molar-refractivity contribution in [3.63, 3.8) is 0 Å². The SMILES string of the molecule is CC(C)(C#N)N1CCN(Cc2ccc(F)c(C#N)c2)CC1. The van der Waals surface area contributed by atoms with Crippen LogP contribution in [0.25, 0.3) is 0 Å². The minimum absolute atomic E-state index is 0.0942. The molecule has 0 N–H and O–H groups in total. The molecule has 0 aliphatic carbocycles. The molecule has 0 spiro atoms. The average Bonchev–Trinajstić information content (AvgIpc) is 2.49. The van der Waals surface area contributed by atoms with Crippen molar-refractivity contribution in [1.29, 1.82) is 10.5 Å². The van der Waals surface area contributed by atoms with Gasteiger partial charge in [0.25, 0.3) is 0 Å². The Morgan fingerprint density at radius 3 is 2.43 bits per heavy atom. The van der Waals surface area contributed by atoms with Crippen LogP contribution in [0.4, 0.5) is 4.39 Å². The Morgan fingerprint density at radius 1 is 1.19 bits per heavy atom. The van der Waals surface area contributed by atoms with E-state index in [-0.39, 0.29) is 5.56 Å². The van der Waals surface area contributed by atoms with Crippen molar-refractivity contribution < 1.29 is 4.39 Å². The number of nitrogens with zero attached hydrogens (tertiary/aromatic N) is 4. The lowest BCUT2D eigenvalue weighted by molar-refractivity contribution is 0.0764. The highest BCUT2D eigenvalue weighted by Crippen LogP contribution is 2.18. The Balaban J connectivity index is 1.96. The van der Waals surface area contributed by atoms with Gasteiger partial charge in [0, 0.05) is 32.7 Å². The van der Waals surface area contributed by atoms with E-state index in [0.717, 1.165) is 31.7 Å². The van der Waals surface area contributed by atoms with Crippen molar-refractivity contribution in [2.75, 3.05) is 26.2 Å². The molecule has 1 aliphatic heterocycles. The number of rotatable bonds is 3. The van der Waals surface area contributed by atoms with E-state index in [2.05, 4.69) is 15.9 Å². The predicted molar refractivity (Wildman–Crippen MR) is 77.7 cm³/mol. The van der Waals surface area contributed by atoms with Crippen molar-refractivity contribution in [2.24, 2.45) is 0 Å². The molecular weight excluding hydrogens is 267 g/mol. The van der Waals surface area contributed by atoms with E-state index in [1.165, 1.54) is 6.07 Å². The van der Waals surface area contributed by atoms with E-state index in [0.29, 0.717) is 6.54 Å². The molecular formula is C16H19FN4. The van der Waals surface area contributed by atoms with Gasteiger partial charge in [-0.15, -0.1) is 0 Å². The lowest BCUT2D eigenvalue weighted by atomic mass is 10.0. The Morgan fingerprint density at radius 2 is 1.86 bits per heavy atom. The molecule has 0 radical (unpaired) electrons. The van der Waals surface area contributed by atoms with E-state index in [1.807, 2.05) is 19.9 Å². The number of nitriles is 2. The van der Waals surface area contributed by atoms with Crippen molar-refractivity contribution >= 4 is 0 Å². The molecule has 110 valence electrons. The van der Waals surface area contributed by atoms with Gasteiger partial charge in [-0.3, -0.25) is 9.80 Å². The van der Waals surface area contributed by atoms with Crippen LogP contribution < -0.4 is 0 Å². The van der Waals surface area contributed by atoms with E-state index in [1.54, 1.807) is 12.1 Å². The second-order valence-corrected chi connectivity index (χ2v) is 5.86. The highest BCUT2D eigenvalue weighted by Gasteiger charge is 2.29. The first kappa shape index (κ1) is 15.4. The van der Waals surface area contributed by atoms with Gasteiger partial charge in [-0.25, -0.2) is 4.39 Å². The van der Waals surface area contributed by atoms with Crippen molar-refractivity contribution in [3.05, 3.63) is 35.1 Å². The van der Waals surface area contributed by atoms with Crippen molar-refractivity contribution in [3.8, 4) is 12.1 Å². The molecule has 1 fully saturated rings. The van der Waals surface area contributed by atoms with Crippen LogP contribution in [0, 0.1) is 28.5 Å². The van der Waals surface area contributed by atoms with Crippen molar-refractivity contribution in [2.45, 2.75) is 25.9 Å². The Kier molecular flexibility index (Phi) is 4.57. The maximum atomic E-state index is 13.3. The molecule has 1 aliphatic rings. The number of hydrogen-bond acceptors (Lipinski definition) is 4. The summed E-state index contributed by atoms with van der Waals surface area (Å²) in [5.41, 5.74) is 0.605. The fraction of sp³-hybridized carbons (Fsp3) is 0.500. The third-order valence-corrected chi connectivity index (χ3v) is 3.99. The first-order valence-electron chi connectivity index (χ1n) is 7.03. The van der Waals surface area contributed by atoms with Crippen LogP contribution in [0.3, 0.4) is 0 Å². The Hall–Kier alpha value is -1.95. The molecule has 2 rings (SSSR count). The number of benzene rings is 1. The highest BCUT2D eigenvalue weighted by atomic mass is 19.1. The van der Waals surface area contributed by atoms with Gasteiger partial charge < -0.3 is 0 Å². The summed E-state index contributed by atoms with van der Waals surface area (Å²) in [5, 5.41) is 18.0. The Labute approximate surface area is 125 Å². The topological polar surface area (TPSA) is 54.1 Å². The lowest BCUT2D eigenvalue weighted by Crippen LogP contribution is -2.53. The minimum Gasteiger partial charge on any atom is -0.297 e. The predicted octanol–water partition coefficient (Wildman–Crippen LogP) is 2.12. The van der Waals surface area contributed by atoms with Gasteiger partial charge in [0.1, 0.15) is 17.4 Å². The van der Waals surface area contributed by atoms with Crippen LogP contribution >= 0.6 is 0 Å². The first-order chi connectivity index (χ1) is 9.96. The molecule has 0 saturated carbocycles. The summed E-state index contributed by atoms with van der Waals surface area (Å²) < 4.78 is 13.3. The first-order valence-corrected chi connectivity index (χ1v) is 7.03. The van der Waals surface area contributed by atoms with E-state index >= 15 is 0 Å². The maximum Gasteiger partial charge on any atom is 0.140 e. The fourth-order valence-corrected chi connectivity index (χ4v) is 2.55. The fourth-order valence-electron chi connectivity index (χ4n) is 2.55. The summed E-state index contributed by atoms with van der Waals surface area (Å²) in [7, 11) is 0. The van der Waals surface area contributed by atoms with E-state index in [4.69, 9.17) is 10.5 Å². The normalized spacial score (nSPS) is 17.2. The molecule has 0 unspecified atom stereocenters. The zero-order chi connectivity index (χ0) is 15.5. The van der Waals surface area contributed by atoms with Crippen LogP contribution in [0.2, 0.25) is 0 Å². The highest BCUT2D eigenvalue weighted by molar-refractivity contribution is 5.34. The van der Waals surface area contributed by atoms with Gasteiger partial charge in [-0.2, -0.15) is 10.5 Å². The van der Waals surface area contributed by atoms with Gasteiger partial charge in [0.2, 0.25) is 0 Å². The van der Waals surface area contributed by atoms with Crippen LogP contribution in [-0.2, 0) is 6.54 Å². The largest absolute Gasteiger partial charge is 0.297 e. The molecule has 5 heteroatoms. The summed E-state index contributed by atoms with van der Waals surface area (Å²) in [6.45, 7) is 7.98. The minimum atomic E-state index is -0.471. The molecule has 21 heavy (non-hydrogen) atoms. The molecule has 1 aromatic carbocycles. The summed E-state index contributed by atoms with van der Waals surface area (Å²) in [4.78, 5) is 4.44. The van der Waals surface area contributed by atoms with E-state index < -0.39 is 11.4 Å². The zero-order valence-corrected chi connectivity index (χ0v) is 12.4. The van der Waals surface area contributed by atoms with E-state index in [9.17, 15) is 4.39 Å². The zero-order valence-electron chi connectivity index (χ0n) is 12.4. The Bertz CT molecular complexity index is 589. The van der Waals surface area contributed by atoms with Gasteiger partial charge in [0.05, 0.1) is 11.6 Å². The van der Waals surface area contributed by atoms with Gasteiger partial charge >= 0.3 is 0 Å². The number of halogens is 1.